The number of carbonyl (C=O) groups excluding carboxylic acids is 1. The fourth-order valence-electron chi connectivity index (χ4n) is 1.23. The molecule has 0 saturated carbocycles. The van der Waals surface area contributed by atoms with E-state index in [1.807, 2.05) is 0 Å². The summed E-state index contributed by atoms with van der Waals surface area (Å²) in [5.41, 5.74) is 5.66. The van der Waals surface area contributed by atoms with Gasteiger partial charge in [0, 0.05) is 4.88 Å². The molecule has 1 aromatic heterocycles. The minimum atomic E-state index is -1.35. The van der Waals surface area contributed by atoms with Gasteiger partial charge in [-0.15, -0.1) is 11.3 Å². The van der Waals surface area contributed by atoms with Crippen molar-refractivity contribution < 1.29 is 19.8 Å². The Morgan fingerprint density at radius 2 is 2.18 bits per heavy atom. The van der Waals surface area contributed by atoms with Crippen molar-refractivity contribution in [1.29, 1.82) is 0 Å². The Morgan fingerprint density at radius 3 is 2.59 bits per heavy atom. The van der Waals surface area contributed by atoms with Crippen molar-refractivity contribution in [3.63, 3.8) is 0 Å². The van der Waals surface area contributed by atoms with E-state index in [1.54, 1.807) is 17.5 Å². The van der Waals surface area contributed by atoms with Crippen LogP contribution in [0.2, 0.25) is 0 Å². The minimum absolute atomic E-state index is 0.624. The van der Waals surface area contributed by atoms with E-state index in [1.165, 1.54) is 18.3 Å². The largest absolute Gasteiger partial charge is 0.480 e. The van der Waals surface area contributed by atoms with Crippen molar-refractivity contribution in [3.8, 4) is 0 Å². The number of aliphatic hydroxyl groups excluding tert-OH is 1. The SMILES string of the molecule is C[C@@H](O)[C@H](NC(=O)C(N)c1cccs1)C(=O)O. The Bertz CT molecular complexity index is 391. The number of nitrogens with two attached hydrogens (primary N) is 1. The van der Waals surface area contributed by atoms with Gasteiger partial charge < -0.3 is 21.3 Å². The highest BCUT2D eigenvalue weighted by Crippen LogP contribution is 2.16. The zero-order valence-corrected chi connectivity index (χ0v) is 9.98. The first-order valence-electron chi connectivity index (χ1n) is 4.93. The highest BCUT2D eigenvalue weighted by Gasteiger charge is 2.27. The molecule has 17 heavy (non-hydrogen) atoms. The average Bonchev–Trinajstić information content (AvgIpc) is 2.76. The third-order valence-corrected chi connectivity index (χ3v) is 3.13. The highest BCUT2D eigenvalue weighted by atomic mass is 32.1. The van der Waals surface area contributed by atoms with Gasteiger partial charge in [0.25, 0.3) is 0 Å². The number of rotatable bonds is 5. The number of thiophene rings is 1. The summed E-state index contributed by atoms with van der Waals surface area (Å²) in [5, 5.41) is 22.0. The van der Waals surface area contributed by atoms with Gasteiger partial charge in [-0.2, -0.15) is 0 Å². The van der Waals surface area contributed by atoms with Gasteiger partial charge in [0.05, 0.1) is 6.10 Å². The number of carbonyl (C=O) groups is 2. The predicted molar refractivity (Wildman–Crippen MR) is 62.5 cm³/mol. The van der Waals surface area contributed by atoms with Gasteiger partial charge in [-0.05, 0) is 18.4 Å². The van der Waals surface area contributed by atoms with E-state index in [2.05, 4.69) is 5.32 Å². The maximum absolute atomic E-state index is 11.7. The molecule has 3 atom stereocenters. The Balaban J connectivity index is 2.68. The van der Waals surface area contributed by atoms with Gasteiger partial charge in [-0.1, -0.05) is 6.07 Å². The summed E-state index contributed by atoms with van der Waals surface area (Å²) in [7, 11) is 0. The van der Waals surface area contributed by atoms with Gasteiger partial charge in [0.2, 0.25) is 5.91 Å². The monoisotopic (exact) mass is 258 g/mol. The minimum Gasteiger partial charge on any atom is -0.480 e. The lowest BCUT2D eigenvalue weighted by atomic mass is 10.1. The number of carboxylic acid groups (broad SMARTS) is 1. The molecule has 0 aliphatic carbocycles. The van der Waals surface area contributed by atoms with Gasteiger partial charge in [0.1, 0.15) is 6.04 Å². The third-order valence-electron chi connectivity index (χ3n) is 2.18. The summed E-state index contributed by atoms with van der Waals surface area (Å²) >= 11 is 1.31. The molecule has 0 spiro atoms. The lowest BCUT2D eigenvalue weighted by molar-refractivity contribution is -0.145. The maximum Gasteiger partial charge on any atom is 0.328 e. The van der Waals surface area contributed by atoms with Crippen LogP contribution < -0.4 is 11.1 Å². The average molecular weight is 258 g/mol. The van der Waals surface area contributed by atoms with Gasteiger partial charge >= 0.3 is 5.97 Å². The number of nitrogens with one attached hydrogen (secondary N) is 1. The van der Waals surface area contributed by atoms with Crippen molar-refractivity contribution in [2.75, 3.05) is 0 Å². The topological polar surface area (TPSA) is 113 Å². The predicted octanol–water partition coefficient (Wildman–Crippen LogP) is -0.302. The van der Waals surface area contributed by atoms with Gasteiger partial charge in [0.15, 0.2) is 6.04 Å². The number of carboxylic acids is 1. The van der Waals surface area contributed by atoms with Crippen molar-refractivity contribution in [3.05, 3.63) is 22.4 Å². The molecule has 6 nitrogen and oxygen atoms in total. The van der Waals surface area contributed by atoms with Crippen LogP contribution in [0.1, 0.15) is 17.8 Å². The molecule has 94 valence electrons. The van der Waals surface area contributed by atoms with Crippen LogP contribution in [0.25, 0.3) is 0 Å². The molecule has 0 aliphatic rings. The zero-order valence-electron chi connectivity index (χ0n) is 9.16. The van der Waals surface area contributed by atoms with E-state index in [9.17, 15) is 14.7 Å². The first-order chi connectivity index (χ1) is 7.93. The molecule has 0 aliphatic heterocycles. The summed E-state index contributed by atoms with van der Waals surface area (Å²) in [6.07, 6.45) is -1.19. The lowest BCUT2D eigenvalue weighted by Gasteiger charge is -2.19. The standard InChI is InChI=1S/C10H14N2O4S/c1-5(13)8(10(15)16)12-9(14)7(11)6-3-2-4-17-6/h2-5,7-8,13H,11H2,1H3,(H,12,14)(H,15,16)/t5-,7?,8+/m1/s1. The highest BCUT2D eigenvalue weighted by molar-refractivity contribution is 7.10. The Kier molecular flexibility index (Phi) is 4.62. The molecule has 5 N–H and O–H groups in total. The third kappa shape index (κ3) is 3.52. The molecule has 1 unspecified atom stereocenters. The van der Waals surface area contributed by atoms with E-state index < -0.39 is 30.1 Å². The van der Waals surface area contributed by atoms with Crippen LogP contribution in [0.4, 0.5) is 0 Å². The molecule has 1 rings (SSSR count). The second-order valence-electron chi connectivity index (χ2n) is 3.56. The molecule has 1 aromatic rings. The maximum atomic E-state index is 11.7. The van der Waals surface area contributed by atoms with E-state index in [0.717, 1.165) is 0 Å². The van der Waals surface area contributed by atoms with Crippen molar-refractivity contribution in [2.24, 2.45) is 5.73 Å². The van der Waals surface area contributed by atoms with Crippen LogP contribution in [0, 0.1) is 0 Å². The number of hydrogen-bond donors (Lipinski definition) is 4. The van der Waals surface area contributed by atoms with Crippen molar-refractivity contribution in [1.82, 2.24) is 5.32 Å². The van der Waals surface area contributed by atoms with E-state index in [0.29, 0.717) is 4.88 Å². The number of aliphatic carboxylic acids is 1. The molecule has 1 heterocycles. The fraction of sp³-hybridized carbons (Fsp3) is 0.400. The second-order valence-corrected chi connectivity index (χ2v) is 4.54. The van der Waals surface area contributed by atoms with Crippen LogP contribution in [-0.2, 0) is 9.59 Å². The number of hydrogen-bond acceptors (Lipinski definition) is 5. The van der Waals surface area contributed by atoms with E-state index in [4.69, 9.17) is 10.8 Å². The quantitative estimate of drug-likeness (QED) is 0.579. The summed E-state index contributed by atoms with van der Waals surface area (Å²) in [5.74, 6) is -1.92. The van der Waals surface area contributed by atoms with Crippen molar-refractivity contribution >= 4 is 23.2 Å². The normalized spacial score (nSPS) is 15.9. The van der Waals surface area contributed by atoms with Gasteiger partial charge in [-0.25, -0.2) is 4.79 Å². The van der Waals surface area contributed by atoms with Crippen LogP contribution in [0.3, 0.4) is 0 Å². The molecule has 0 radical (unpaired) electrons. The van der Waals surface area contributed by atoms with Crippen LogP contribution in [-0.4, -0.2) is 34.2 Å². The summed E-state index contributed by atoms with van der Waals surface area (Å²) in [6, 6.07) is 1.16. The van der Waals surface area contributed by atoms with Crippen LogP contribution in [0.15, 0.2) is 17.5 Å². The van der Waals surface area contributed by atoms with E-state index in [-0.39, 0.29) is 0 Å². The second kappa shape index (κ2) is 5.76. The molecule has 0 bridgehead atoms. The molecule has 1 amide bonds. The molecule has 7 heteroatoms. The lowest BCUT2D eigenvalue weighted by Crippen LogP contribution is -2.50. The summed E-state index contributed by atoms with van der Waals surface area (Å²) in [4.78, 5) is 23.1. The Labute approximate surface area is 102 Å². The zero-order chi connectivity index (χ0) is 13.0. The van der Waals surface area contributed by atoms with Crippen LogP contribution in [0.5, 0.6) is 0 Å². The molecule has 0 fully saturated rings. The summed E-state index contributed by atoms with van der Waals surface area (Å²) < 4.78 is 0. The van der Waals surface area contributed by atoms with Gasteiger partial charge in [-0.3, -0.25) is 4.79 Å². The first-order valence-corrected chi connectivity index (χ1v) is 5.81. The molecular weight excluding hydrogens is 244 g/mol. The Morgan fingerprint density at radius 1 is 1.53 bits per heavy atom. The molecule has 0 saturated heterocycles. The smallest absolute Gasteiger partial charge is 0.328 e. The Hall–Kier alpha value is -1.44. The number of aliphatic hydroxyl groups is 1. The molecular formula is C10H14N2O4S. The fourth-order valence-corrected chi connectivity index (χ4v) is 1.95. The van der Waals surface area contributed by atoms with Crippen molar-refractivity contribution in [2.45, 2.75) is 25.1 Å². The molecule has 0 aromatic carbocycles. The summed E-state index contributed by atoms with van der Waals surface area (Å²) in [6.45, 7) is 1.29. The number of amides is 1. The van der Waals surface area contributed by atoms with E-state index >= 15 is 0 Å². The first kappa shape index (κ1) is 13.6. The van der Waals surface area contributed by atoms with Crippen LogP contribution >= 0.6 is 11.3 Å².